The number of anilines is 1. The number of nitrogens with zero attached hydrogens (tertiary/aromatic N) is 1. The molecule has 0 aliphatic heterocycles. The zero-order valence-corrected chi connectivity index (χ0v) is 9.21. The zero-order valence-electron chi connectivity index (χ0n) is 9.21. The second kappa shape index (κ2) is 5.55. The molecule has 1 aromatic carbocycles. The Morgan fingerprint density at radius 2 is 2.12 bits per heavy atom. The van der Waals surface area contributed by atoms with Gasteiger partial charge in [0.15, 0.2) is 0 Å². The molecule has 1 rings (SSSR count). The molecular weight excluding hydrogens is 214 g/mol. The Kier molecular flexibility index (Phi) is 4.37. The van der Waals surface area contributed by atoms with Gasteiger partial charge < -0.3 is 10.2 Å². The van der Waals surface area contributed by atoms with E-state index in [0.29, 0.717) is 12.2 Å². The van der Waals surface area contributed by atoms with E-state index in [1.165, 1.54) is 0 Å². The fraction of sp³-hybridized carbons (Fsp3) is 0.364. The van der Waals surface area contributed by atoms with E-state index in [-0.39, 0.29) is 0 Å². The summed E-state index contributed by atoms with van der Waals surface area (Å²) >= 11 is 0. The van der Waals surface area contributed by atoms with Crippen molar-refractivity contribution in [2.45, 2.75) is 13.0 Å². The third-order valence-corrected chi connectivity index (χ3v) is 1.89. The molecule has 0 saturated carbocycles. The topological polar surface area (TPSA) is 32.3 Å². The van der Waals surface area contributed by atoms with Gasteiger partial charge in [0.1, 0.15) is 0 Å². The first-order valence-corrected chi connectivity index (χ1v) is 4.81. The standard InChI is InChI=1S/C11H14F2N2O/c1-15(2)7-8-4-3-5-9(6-8)14-11(16)10(12)13/h3-6,10H,7H2,1-2H3,(H,14,16). The van der Waals surface area contributed by atoms with Gasteiger partial charge in [0.25, 0.3) is 5.91 Å². The molecular formula is C11H14F2N2O. The average Bonchev–Trinajstić information content (AvgIpc) is 2.16. The van der Waals surface area contributed by atoms with Crippen molar-refractivity contribution in [2.24, 2.45) is 0 Å². The molecule has 5 heteroatoms. The van der Waals surface area contributed by atoms with Crippen molar-refractivity contribution >= 4 is 11.6 Å². The monoisotopic (exact) mass is 228 g/mol. The first kappa shape index (κ1) is 12.6. The van der Waals surface area contributed by atoms with Crippen LogP contribution in [0.1, 0.15) is 5.56 Å². The molecule has 3 nitrogen and oxygen atoms in total. The molecule has 0 spiro atoms. The lowest BCUT2D eigenvalue weighted by Gasteiger charge is -2.11. The predicted octanol–water partition coefficient (Wildman–Crippen LogP) is 1.95. The van der Waals surface area contributed by atoms with Crippen LogP contribution < -0.4 is 5.32 Å². The summed E-state index contributed by atoms with van der Waals surface area (Å²) in [4.78, 5) is 12.7. The van der Waals surface area contributed by atoms with Gasteiger partial charge in [-0.05, 0) is 31.8 Å². The molecule has 1 amide bonds. The molecule has 0 aliphatic rings. The number of hydrogen-bond acceptors (Lipinski definition) is 2. The third kappa shape index (κ3) is 3.94. The maximum absolute atomic E-state index is 12.0. The van der Waals surface area contributed by atoms with Crippen LogP contribution in [0.5, 0.6) is 0 Å². The second-order valence-electron chi connectivity index (χ2n) is 3.73. The summed E-state index contributed by atoms with van der Waals surface area (Å²) in [6, 6.07) is 6.86. The maximum atomic E-state index is 12.0. The lowest BCUT2D eigenvalue weighted by molar-refractivity contribution is -0.126. The zero-order chi connectivity index (χ0) is 12.1. The van der Waals surface area contributed by atoms with E-state index >= 15 is 0 Å². The first-order valence-electron chi connectivity index (χ1n) is 4.81. The molecule has 0 unspecified atom stereocenters. The van der Waals surface area contributed by atoms with Crippen LogP contribution in [-0.2, 0) is 11.3 Å². The number of halogens is 2. The number of hydrogen-bond donors (Lipinski definition) is 1. The van der Waals surface area contributed by atoms with Crippen LogP contribution >= 0.6 is 0 Å². The van der Waals surface area contributed by atoms with E-state index in [1.807, 2.05) is 25.1 Å². The highest BCUT2D eigenvalue weighted by molar-refractivity contribution is 5.93. The lowest BCUT2D eigenvalue weighted by Crippen LogP contribution is -2.20. The molecule has 0 bridgehead atoms. The van der Waals surface area contributed by atoms with E-state index in [0.717, 1.165) is 5.56 Å². The number of amides is 1. The number of benzene rings is 1. The number of rotatable bonds is 4. The van der Waals surface area contributed by atoms with E-state index in [4.69, 9.17) is 0 Å². The summed E-state index contributed by atoms with van der Waals surface area (Å²) in [7, 11) is 3.81. The van der Waals surface area contributed by atoms with E-state index in [2.05, 4.69) is 5.32 Å². The summed E-state index contributed by atoms with van der Waals surface area (Å²) < 4.78 is 24.0. The van der Waals surface area contributed by atoms with Gasteiger partial charge in [-0.25, -0.2) is 0 Å². The summed E-state index contributed by atoms with van der Waals surface area (Å²) in [5.41, 5.74) is 1.35. The highest BCUT2D eigenvalue weighted by atomic mass is 19.3. The molecule has 0 atom stereocenters. The van der Waals surface area contributed by atoms with Crippen LogP contribution in [0.25, 0.3) is 0 Å². The fourth-order valence-electron chi connectivity index (χ4n) is 1.31. The smallest absolute Gasteiger partial charge is 0.315 e. The molecule has 0 heterocycles. The van der Waals surface area contributed by atoms with Crippen LogP contribution in [0.3, 0.4) is 0 Å². The van der Waals surface area contributed by atoms with Crippen molar-refractivity contribution in [3.8, 4) is 0 Å². The van der Waals surface area contributed by atoms with Gasteiger partial charge in [-0.3, -0.25) is 4.79 Å². The van der Waals surface area contributed by atoms with Crippen LogP contribution in [0.4, 0.5) is 14.5 Å². The Morgan fingerprint density at radius 1 is 1.44 bits per heavy atom. The molecule has 16 heavy (non-hydrogen) atoms. The molecule has 0 saturated heterocycles. The molecule has 0 aliphatic carbocycles. The van der Waals surface area contributed by atoms with Crippen molar-refractivity contribution in [1.29, 1.82) is 0 Å². The third-order valence-electron chi connectivity index (χ3n) is 1.89. The summed E-state index contributed by atoms with van der Waals surface area (Å²) in [5.74, 6) is -1.28. The van der Waals surface area contributed by atoms with E-state index in [9.17, 15) is 13.6 Å². The van der Waals surface area contributed by atoms with Crippen LogP contribution in [0, 0.1) is 0 Å². The fourth-order valence-corrected chi connectivity index (χ4v) is 1.31. The van der Waals surface area contributed by atoms with Gasteiger partial charge in [0, 0.05) is 12.2 Å². The average molecular weight is 228 g/mol. The Morgan fingerprint density at radius 3 is 2.69 bits per heavy atom. The Labute approximate surface area is 93.1 Å². The molecule has 1 N–H and O–H groups in total. The Hall–Kier alpha value is -1.49. The number of carbonyl (C=O) groups is 1. The number of nitrogens with one attached hydrogen (secondary N) is 1. The molecule has 0 radical (unpaired) electrons. The van der Waals surface area contributed by atoms with Crippen molar-refractivity contribution in [3.63, 3.8) is 0 Å². The van der Waals surface area contributed by atoms with Crippen LogP contribution in [-0.4, -0.2) is 31.3 Å². The largest absolute Gasteiger partial charge is 0.321 e. The maximum Gasteiger partial charge on any atom is 0.315 e. The van der Waals surface area contributed by atoms with Crippen molar-refractivity contribution in [3.05, 3.63) is 29.8 Å². The minimum Gasteiger partial charge on any atom is -0.321 e. The van der Waals surface area contributed by atoms with Crippen LogP contribution in [0.2, 0.25) is 0 Å². The normalized spacial score (nSPS) is 10.9. The predicted molar refractivity (Wildman–Crippen MR) is 58.5 cm³/mol. The van der Waals surface area contributed by atoms with E-state index < -0.39 is 12.3 Å². The Bertz CT molecular complexity index is 367. The van der Waals surface area contributed by atoms with Gasteiger partial charge in [-0.2, -0.15) is 8.78 Å². The van der Waals surface area contributed by atoms with Crippen molar-refractivity contribution < 1.29 is 13.6 Å². The lowest BCUT2D eigenvalue weighted by atomic mass is 10.2. The molecule has 88 valence electrons. The van der Waals surface area contributed by atoms with Crippen molar-refractivity contribution in [2.75, 3.05) is 19.4 Å². The van der Waals surface area contributed by atoms with Crippen LogP contribution in [0.15, 0.2) is 24.3 Å². The quantitative estimate of drug-likeness (QED) is 0.854. The highest BCUT2D eigenvalue weighted by Crippen LogP contribution is 2.12. The Balaban J connectivity index is 2.71. The van der Waals surface area contributed by atoms with Gasteiger partial charge in [-0.15, -0.1) is 0 Å². The number of alkyl halides is 2. The summed E-state index contributed by atoms with van der Waals surface area (Å²) in [6.45, 7) is 0.693. The minimum atomic E-state index is -2.99. The summed E-state index contributed by atoms with van der Waals surface area (Å²) in [6.07, 6.45) is -2.99. The minimum absolute atomic E-state index is 0.393. The van der Waals surface area contributed by atoms with Gasteiger partial charge in [0.05, 0.1) is 0 Å². The van der Waals surface area contributed by atoms with Gasteiger partial charge in [0.2, 0.25) is 0 Å². The van der Waals surface area contributed by atoms with E-state index in [1.54, 1.807) is 18.2 Å². The number of carbonyl (C=O) groups excluding carboxylic acids is 1. The molecule has 1 aromatic rings. The summed E-state index contributed by atoms with van der Waals surface area (Å²) in [5, 5.41) is 2.15. The SMILES string of the molecule is CN(C)Cc1cccc(NC(=O)C(F)F)c1. The van der Waals surface area contributed by atoms with Crippen molar-refractivity contribution in [1.82, 2.24) is 4.90 Å². The molecule has 0 aromatic heterocycles. The first-order chi connectivity index (χ1) is 7.49. The molecule has 0 fully saturated rings. The van der Waals surface area contributed by atoms with Gasteiger partial charge in [-0.1, -0.05) is 12.1 Å². The van der Waals surface area contributed by atoms with Gasteiger partial charge >= 0.3 is 6.43 Å². The second-order valence-corrected chi connectivity index (χ2v) is 3.73. The highest BCUT2D eigenvalue weighted by Gasteiger charge is 2.14.